The predicted molar refractivity (Wildman–Crippen MR) is 69.4 cm³/mol. The van der Waals surface area contributed by atoms with Crippen molar-refractivity contribution in [2.45, 2.75) is 31.1 Å². The summed E-state index contributed by atoms with van der Waals surface area (Å²) in [6.07, 6.45) is 4.39. The van der Waals surface area contributed by atoms with E-state index < -0.39 is 0 Å². The molecule has 16 heavy (non-hydrogen) atoms. The molecule has 0 amide bonds. The van der Waals surface area contributed by atoms with Crippen molar-refractivity contribution in [2.75, 3.05) is 18.2 Å². The lowest BCUT2D eigenvalue weighted by Gasteiger charge is -2.29. The molecule has 1 aliphatic heterocycles. The van der Waals surface area contributed by atoms with Gasteiger partial charge in [-0.2, -0.15) is 11.8 Å². The first-order valence-electron chi connectivity index (χ1n) is 5.68. The Hall–Kier alpha value is -0.900. The molecule has 0 spiro atoms. The molecule has 0 saturated carbocycles. The molecule has 2 rings (SSSR count). The van der Waals surface area contributed by atoms with E-state index in [9.17, 15) is 0 Å². The van der Waals surface area contributed by atoms with Crippen LogP contribution in [0.25, 0.3) is 0 Å². The Labute approximate surface area is 101 Å². The smallest absolute Gasteiger partial charge is 0.213 e. The zero-order chi connectivity index (χ0) is 11.4. The summed E-state index contributed by atoms with van der Waals surface area (Å²) < 4.78 is 5.04. The van der Waals surface area contributed by atoms with Crippen molar-refractivity contribution in [1.82, 2.24) is 4.98 Å². The van der Waals surface area contributed by atoms with Crippen LogP contribution in [0, 0.1) is 0 Å². The maximum absolute atomic E-state index is 5.04. The van der Waals surface area contributed by atoms with Crippen molar-refractivity contribution in [3.63, 3.8) is 0 Å². The second-order valence-corrected chi connectivity index (χ2v) is 5.54. The molecular weight excluding hydrogens is 220 g/mol. The van der Waals surface area contributed by atoms with Crippen LogP contribution >= 0.6 is 11.8 Å². The molecule has 0 aliphatic carbocycles. The molecule has 2 unspecified atom stereocenters. The number of rotatable bonds is 3. The lowest BCUT2D eigenvalue weighted by molar-refractivity contribution is 0.398. The summed E-state index contributed by atoms with van der Waals surface area (Å²) in [7, 11) is 1.63. The average molecular weight is 238 g/mol. The number of aromatic nitrogens is 1. The molecule has 1 aromatic heterocycles. The third-order valence-corrected chi connectivity index (χ3v) is 4.28. The summed E-state index contributed by atoms with van der Waals surface area (Å²) in [6.45, 7) is 2.29. The minimum atomic E-state index is 0.564. The zero-order valence-electron chi connectivity index (χ0n) is 9.77. The van der Waals surface area contributed by atoms with Gasteiger partial charge in [-0.15, -0.1) is 0 Å². The molecule has 1 N–H and O–H groups in total. The lowest BCUT2D eigenvalue weighted by Crippen LogP contribution is -2.32. The van der Waals surface area contributed by atoms with Crippen LogP contribution in [-0.4, -0.2) is 29.1 Å². The van der Waals surface area contributed by atoms with Gasteiger partial charge < -0.3 is 10.1 Å². The van der Waals surface area contributed by atoms with E-state index in [4.69, 9.17) is 4.74 Å². The van der Waals surface area contributed by atoms with Crippen LogP contribution in [0.3, 0.4) is 0 Å². The fraction of sp³-hybridized carbons (Fsp3) is 0.583. The van der Waals surface area contributed by atoms with E-state index in [-0.39, 0.29) is 0 Å². The number of thioether (sulfide) groups is 1. The van der Waals surface area contributed by atoms with Crippen LogP contribution in [0.2, 0.25) is 0 Å². The zero-order valence-corrected chi connectivity index (χ0v) is 10.6. The van der Waals surface area contributed by atoms with E-state index in [1.807, 2.05) is 30.1 Å². The monoisotopic (exact) mass is 238 g/mol. The molecule has 1 saturated heterocycles. The number of pyridine rings is 1. The Balaban J connectivity index is 1.96. The predicted octanol–water partition coefficient (Wildman–Crippen LogP) is 2.79. The van der Waals surface area contributed by atoms with Crippen LogP contribution in [0.4, 0.5) is 5.69 Å². The van der Waals surface area contributed by atoms with Gasteiger partial charge in [-0.25, -0.2) is 4.98 Å². The highest BCUT2D eigenvalue weighted by Crippen LogP contribution is 2.27. The highest BCUT2D eigenvalue weighted by Gasteiger charge is 2.21. The molecular formula is C12H18N2OS. The van der Waals surface area contributed by atoms with E-state index in [2.05, 4.69) is 17.2 Å². The molecule has 0 radical (unpaired) electrons. The molecule has 2 atom stereocenters. The number of hydrogen-bond acceptors (Lipinski definition) is 4. The molecule has 4 heteroatoms. The summed E-state index contributed by atoms with van der Waals surface area (Å²) in [6, 6.07) is 4.48. The first-order chi connectivity index (χ1) is 7.79. The molecule has 1 aliphatic rings. The van der Waals surface area contributed by atoms with Gasteiger partial charge in [-0.05, 0) is 24.7 Å². The largest absolute Gasteiger partial charge is 0.481 e. The van der Waals surface area contributed by atoms with Gasteiger partial charge in [0.15, 0.2) is 0 Å². The highest BCUT2D eigenvalue weighted by molar-refractivity contribution is 8.00. The molecule has 2 heterocycles. The maximum atomic E-state index is 5.04. The van der Waals surface area contributed by atoms with Crippen molar-refractivity contribution in [3.8, 4) is 5.88 Å². The number of hydrogen-bond donors (Lipinski definition) is 1. The summed E-state index contributed by atoms with van der Waals surface area (Å²) in [5.41, 5.74) is 1.08. The first-order valence-corrected chi connectivity index (χ1v) is 6.72. The van der Waals surface area contributed by atoms with Crippen molar-refractivity contribution < 1.29 is 4.74 Å². The topological polar surface area (TPSA) is 34.1 Å². The van der Waals surface area contributed by atoms with Crippen molar-refractivity contribution in [1.29, 1.82) is 0 Å². The van der Waals surface area contributed by atoms with Gasteiger partial charge in [0.1, 0.15) is 0 Å². The Bertz CT molecular complexity index is 328. The standard InChI is InChI=1S/C12H18N2OS/c1-9-11(4-3-7-16-9)14-10-5-6-12(15-2)13-8-10/h5-6,8-9,11,14H,3-4,7H2,1-2H3. The summed E-state index contributed by atoms with van der Waals surface area (Å²) in [5, 5.41) is 4.22. The number of nitrogens with zero attached hydrogens (tertiary/aromatic N) is 1. The third kappa shape index (κ3) is 2.82. The number of anilines is 1. The molecule has 1 aromatic rings. The van der Waals surface area contributed by atoms with Gasteiger partial charge in [0, 0.05) is 17.4 Å². The van der Waals surface area contributed by atoms with Gasteiger partial charge in [-0.1, -0.05) is 6.92 Å². The third-order valence-electron chi connectivity index (χ3n) is 2.90. The molecule has 0 aromatic carbocycles. The summed E-state index contributed by atoms with van der Waals surface area (Å²) >= 11 is 2.05. The molecule has 3 nitrogen and oxygen atoms in total. The number of methoxy groups -OCH3 is 1. The van der Waals surface area contributed by atoms with Crippen LogP contribution in [0.5, 0.6) is 5.88 Å². The van der Waals surface area contributed by atoms with E-state index in [1.165, 1.54) is 18.6 Å². The Kier molecular flexibility index (Phi) is 3.93. The Morgan fingerprint density at radius 2 is 2.38 bits per heavy atom. The maximum Gasteiger partial charge on any atom is 0.213 e. The highest BCUT2D eigenvalue weighted by atomic mass is 32.2. The lowest BCUT2D eigenvalue weighted by atomic mass is 10.1. The fourth-order valence-corrected chi connectivity index (χ4v) is 3.05. The number of ether oxygens (including phenoxy) is 1. The van der Waals surface area contributed by atoms with Crippen LogP contribution in [0.15, 0.2) is 18.3 Å². The SMILES string of the molecule is COc1ccc(NC2CCCSC2C)cn1. The van der Waals surface area contributed by atoms with Gasteiger partial charge in [0.05, 0.1) is 19.0 Å². The average Bonchev–Trinajstić information content (AvgIpc) is 2.33. The van der Waals surface area contributed by atoms with Gasteiger partial charge in [-0.3, -0.25) is 0 Å². The van der Waals surface area contributed by atoms with Crippen LogP contribution in [0.1, 0.15) is 19.8 Å². The van der Waals surface area contributed by atoms with Crippen LogP contribution < -0.4 is 10.1 Å². The Morgan fingerprint density at radius 3 is 3.00 bits per heavy atom. The fourth-order valence-electron chi connectivity index (χ4n) is 1.91. The molecule has 1 fully saturated rings. The van der Waals surface area contributed by atoms with E-state index >= 15 is 0 Å². The van der Waals surface area contributed by atoms with Crippen molar-refractivity contribution in [2.24, 2.45) is 0 Å². The molecule has 88 valence electrons. The second kappa shape index (κ2) is 5.43. The van der Waals surface area contributed by atoms with Gasteiger partial charge in [0.25, 0.3) is 0 Å². The minimum Gasteiger partial charge on any atom is -0.481 e. The number of nitrogens with one attached hydrogen (secondary N) is 1. The molecule has 0 bridgehead atoms. The quantitative estimate of drug-likeness (QED) is 0.878. The first kappa shape index (κ1) is 11.6. The Morgan fingerprint density at radius 1 is 1.50 bits per heavy atom. The summed E-state index contributed by atoms with van der Waals surface area (Å²) in [5.74, 6) is 1.96. The summed E-state index contributed by atoms with van der Waals surface area (Å²) in [4.78, 5) is 4.20. The normalized spacial score (nSPS) is 25.1. The van der Waals surface area contributed by atoms with Gasteiger partial charge >= 0.3 is 0 Å². The van der Waals surface area contributed by atoms with Gasteiger partial charge in [0.2, 0.25) is 5.88 Å². The van der Waals surface area contributed by atoms with E-state index in [0.717, 1.165) is 5.69 Å². The van der Waals surface area contributed by atoms with E-state index in [1.54, 1.807) is 7.11 Å². The van der Waals surface area contributed by atoms with E-state index in [0.29, 0.717) is 17.2 Å². The van der Waals surface area contributed by atoms with Crippen molar-refractivity contribution in [3.05, 3.63) is 18.3 Å². The second-order valence-electron chi connectivity index (χ2n) is 4.06. The minimum absolute atomic E-state index is 0.564. The van der Waals surface area contributed by atoms with Crippen molar-refractivity contribution >= 4 is 17.4 Å². The van der Waals surface area contributed by atoms with Crippen LogP contribution in [-0.2, 0) is 0 Å².